The molecule has 1 aliphatic rings. The number of furan rings is 1. The Morgan fingerprint density at radius 2 is 2.26 bits per heavy atom. The monoisotopic (exact) mass is 348 g/mol. The zero-order chi connectivity index (χ0) is 13.9. The standard InChI is InChI=1S/C12H17BrN2O3S/c1-2-14-9-10-8-11(12(13)18-10)19(16,17)15-6-4-3-5-7-15/h3-4,8,14H,2,5-7,9H2,1H3. The van der Waals surface area contributed by atoms with Gasteiger partial charge in [-0.1, -0.05) is 19.1 Å². The first-order valence-electron chi connectivity index (χ1n) is 6.19. The quantitative estimate of drug-likeness (QED) is 0.827. The molecule has 2 rings (SSSR count). The lowest BCUT2D eigenvalue weighted by Gasteiger charge is -2.21. The summed E-state index contributed by atoms with van der Waals surface area (Å²) in [5.41, 5.74) is 0. The minimum absolute atomic E-state index is 0.204. The molecule has 7 heteroatoms. The van der Waals surface area contributed by atoms with Crippen molar-refractivity contribution in [3.05, 3.63) is 28.6 Å². The number of sulfonamides is 1. The van der Waals surface area contributed by atoms with Crippen LogP contribution in [0, 0.1) is 0 Å². The third kappa shape index (κ3) is 3.28. The summed E-state index contributed by atoms with van der Waals surface area (Å²) >= 11 is 3.19. The fourth-order valence-electron chi connectivity index (χ4n) is 1.89. The van der Waals surface area contributed by atoms with Gasteiger partial charge in [0.1, 0.15) is 10.7 Å². The van der Waals surface area contributed by atoms with Crippen LogP contribution in [0.3, 0.4) is 0 Å². The van der Waals surface area contributed by atoms with Gasteiger partial charge in [0.05, 0.1) is 6.54 Å². The van der Waals surface area contributed by atoms with Crippen molar-refractivity contribution in [2.24, 2.45) is 0 Å². The van der Waals surface area contributed by atoms with E-state index in [9.17, 15) is 8.42 Å². The Labute approximate surface area is 121 Å². The Morgan fingerprint density at radius 1 is 1.47 bits per heavy atom. The van der Waals surface area contributed by atoms with Crippen molar-refractivity contribution in [3.63, 3.8) is 0 Å². The second-order valence-electron chi connectivity index (χ2n) is 4.25. The SMILES string of the molecule is CCNCc1cc(S(=O)(=O)N2CC=CCC2)c(Br)o1. The van der Waals surface area contributed by atoms with Crippen LogP contribution in [0.15, 0.2) is 32.2 Å². The van der Waals surface area contributed by atoms with Crippen LogP contribution in [-0.4, -0.2) is 32.4 Å². The third-order valence-corrected chi connectivity index (χ3v) is 5.62. The molecule has 0 bridgehead atoms. The Kier molecular flexibility index (Phi) is 4.83. The number of hydrogen-bond donors (Lipinski definition) is 1. The van der Waals surface area contributed by atoms with Crippen molar-refractivity contribution in [2.45, 2.75) is 24.8 Å². The molecule has 1 aliphatic heterocycles. The van der Waals surface area contributed by atoms with E-state index in [-0.39, 0.29) is 9.56 Å². The summed E-state index contributed by atoms with van der Waals surface area (Å²) < 4.78 is 32.1. The average molecular weight is 349 g/mol. The molecule has 0 spiro atoms. The Bertz CT molecular complexity index is 566. The van der Waals surface area contributed by atoms with Gasteiger partial charge in [-0.15, -0.1) is 0 Å². The normalized spacial score (nSPS) is 16.9. The van der Waals surface area contributed by atoms with Crippen molar-refractivity contribution < 1.29 is 12.8 Å². The molecule has 0 fully saturated rings. The van der Waals surface area contributed by atoms with Crippen molar-refractivity contribution in [2.75, 3.05) is 19.6 Å². The van der Waals surface area contributed by atoms with Crippen molar-refractivity contribution in [3.8, 4) is 0 Å². The maximum absolute atomic E-state index is 12.5. The number of halogens is 1. The minimum Gasteiger partial charge on any atom is -0.452 e. The molecule has 1 aromatic heterocycles. The number of rotatable bonds is 5. The highest BCUT2D eigenvalue weighted by Gasteiger charge is 2.29. The van der Waals surface area contributed by atoms with Gasteiger partial charge in [0.25, 0.3) is 0 Å². The summed E-state index contributed by atoms with van der Waals surface area (Å²) in [6.07, 6.45) is 4.61. The van der Waals surface area contributed by atoms with Crippen LogP contribution in [0.1, 0.15) is 19.1 Å². The topological polar surface area (TPSA) is 62.6 Å². The van der Waals surface area contributed by atoms with E-state index in [0.717, 1.165) is 13.0 Å². The van der Waals surface area contributed by atoms with Gasteiger partial charge < -0.3 is 9.73 Å². The summed E-state index contributed by atoms with van der Waals surface area (Å²) in [7, 11) is -3.48. The summed E-state index contributed by atoms with van der Waals surface area (Å²) in [5.74, 6) is 0.611. The van der Waals surface area contributed by atoms with Crippen molar-refractivity contribution in [1.29, 1.82) is 0 Å². The van der Waals surface area contributed by atoms with Gasteiger partial charge in [0.2, 0.25) is 10.0 Å². The number of nitrogens with zero attached hydrogens (tertiary/aromatic N) is 1. The van der Waals surface area contributed by atoms with Crippen LogP contribution < -0.4 is 5.32 Å². The summed E-state index contributed by atoms with van der Waals surface area (Å²) in [5, 5.41) is 3.10. The highest BCUT2D eigenvalue weighted by atomic mass is 79.9. The minimum atomic E-state index is -3.48. The summed E-state index contributed by atoms with van der Waals surface area (Å²) in [6.45, 7) is 4.24. The average Bonchev–Trinajstić information content (AvgIpc) is 2.79. The van der Waals surface area contributed by atoms with Gasteiger partial charge in [-0.25, -0.2) is 8.42 Å². The molecule has 0 aliphatic carbocycles. The van der Waals surface area contributed by atoms with Crippen LogP contribution in [-0.2, 0) is 16.6 Å². The fourth-order valence-corrected chi connectivity index (χ4v) is 4.25. The largest absolute Gasteiger partial charge is 0.452 e. The molecule has 19 heavy (non-hydrogen) atoms. The molecule has 0 aromatic carbocycles. The van der Waals surface area contributed by atoms with E-state index in [4.69, 9.17) is 4.42 Å². The highest BCUT2D eigenvalue weighted by molar-refractivity contribution is 9.10. The van der Waals surface area contributed by atoms with Crippen LogP contribution in [0.25, 0.3) is 0 Å². The lowest BCUT2D eigenvalue weighted by Crippen LogP contribution is -2.33. The molecule has 5 nitrogen and oxygen atoms in total. The molecule has 0 saturated heterocycles. The molecule has 2 heterocycles. The van der Waals surface area contributed by atoms with Gasteiger partial charge >= 0.3 is 0 Å². The van der Waals surface area contributed by atoms with Crippen LogP contribution in [0.2, 0.25) is 0 Å². The Balaban J connectivity index is 2.24. The Morgan fingerprint density at radius 3 is 2.89 bits per heavy atom. The van der Waals surface area contributed by atoms with Crippen LogP contribution in [0.4, 0.5) is 0 Å². The van der Waals surface area contributed by atoms with Crippen LogP contribution >= 0.6 is 15.9 Å². The molecule has 0 atom stereocenters. The van der Waals surface area contributed by atoms with Gasteiger partial charge in [-0.2, -0.15) is 4.31 Å². The Hall–Kier alpha value is -0.630. The smallest absolute Gasteiger partial charge is 0.247 e. The molecule has 1 aromatic rings. The first-order chi connectivity index (χ1) is 9.05. The lowest BCUT2D eigenvalue weighted by atomic mass is 10.3. The van der Waals surface area contributed by atoms with Crippen LogP contribution in [0.5, 0.6) is 0 Å². The molecule has 0 amide bonds. The second-order valence-corrected chi connectivity index (χ2v) is 6.88. The van der Waals surface area contributed by atoms with Crippen molar-refractivity contribution in [1.82, 2.24) is 9.62 Å². The summed E-state index contributed by atoms with van der Waals surface area (Å²) in [4.78, 5) is 0.204. The molecular weight excluding hydrogens is 332 g/mol. The van der Waals surface area contributed by atoms with Crippen molar-refractivity contribution >= 4 is 26.0 Å². The maximum Gasteiger partial charge on any atom is 0.247 e. The fraction of sp³-hybridized carbons (Fsp3) is 0.500. The molecule has 0 unspecified atom stereocenters. The molecule has 0 radical (unpaired) electrons. The van der Waals surface area contributed by atoms with E-state index < -0.39 is 10.0 Å². The van der Waals surface area contributed by atoms with E-state index in [1.165, 1.54) is 4.31 Å². The van der Waals surface area contributed by atoms with Gasteiger partial charge in [0.15, 0.2) is 4.67 Å². The van der Waals surface area contributed by atoms with Gasteiger partial charge in [0, 0.05) is 19.2 Å². The van der Waals surface area contributed by atoms with E-state index in [1.807, 2.05) is 19.1 Å². The van der Waals surface area contributed by atoms with Gasteiger partial charge in [-0.3, -0.25) is 0 Å². The molecule has 106 valence electrons. The van der Waals surface area contributed by atoms with E-state index in [0.29, 0.717) is 25.4 Å². The number of nitrogens with one attached hydrogen (secondary N) is 1. The zero-order valence-electron chi connectivity index (χ0n) is 10.7. The first kappa shape index (κ1) is 14.8. The molecular formula is C12H17BrN2O3S. The maximum atomic E-state index is 12.5. The first-order valence-corrected chi connectivity index (χ1v) is 8.43. The molecule has 1 N–H and O–H groups in total. The lowest BCUT2D eigenvalue weighted by molar-refractivity contribution is 0.432. The highest BCUT2D eigenvalue weighted by Crippen LogP contribution is 2.29. The predicted molar refractivity (Wildman–Crippen MR) is 76.3 cm³/mol. The molecule has 0 saturated carbocycles. The van der Waals surface area contributed by atoms with E-state index >= 15 is 0 Å². The van der Waals surface area contributed by atoms with E-state index in [2.05, 4.69) is 21.2 Å². The second kappa shape index (κ2) is 6.21. The van der Waals surface area contributed by atoms with E-state index in [1.54, 1.807) is 6.07 Å². The summed E-state index contributed by atoms with van der Waals surface area (Å²) in [6, 6.07) is 1.58. The predicted octanol–water partition coefficient (Wildman–Crippen LogP) is 2.10. The van der Waals surface area contributed by atoms with Gasteiger partial charge in [-0.05, 0) is 28.9 Å². The zero-order valence-corrected chi connectivity index (χ0v) is 13.1. The third-order valence-electron chi connectivity index (χ3n) is 2.89. The number of hydrogen-bond acceptors (Lipinski definition) is 4.